The van der Waals surface area contributed by atoms with Gasteiger partial charge in [-0.15, -0.1) is 0 Å². The molecule has 0 aromatic heterocycles. The van der Waals surface area contributed by atoms with Gasteiger partial charge in [0, 0.05) is 31.3 Å². The SMILES string of the molecule is CCOc1ccc(N(CCNC(=O)c2cccc(F)c2)C(C)=O)cc1. The maximum atomic E-state index is 13.1. The number of nitrogens with one attached hydrogen (secondary N) is 1. The quantitative estimate of drug-likeness (QED) is 0.840. The molecule has 0 aliphatic rings. The molecule has 0 aliphatic heterocycles. The molecular formula is C19H21FN2O3. The molecule has 0 heterocycles. The fourth-order valence-electron chi connectivity index (χ4n) is 2.37. The Morgan fingerprint density at radius 1 is 1.16 bits per heavy atom. The van der Waals surface area contributed by atoms with Crippen LogP contribution in [0, 0.1) is 5.82 Å². The summed E-state index contributed by atoms with van der Waals surface area (Å²) in [4.78, 5) is 25.4. The second-order valence-electron chi connectivity index (χ2n) is 5.36. The molecule has 5 nitrogen and oxygen atoms in total. The van der Waals surface area contributed by atoms with E-state index >= 15 is 0 Å². The molecule has 2 rings (SSSR count). The van der Waals surface area contributed by atoms with E-state index < -0.39 is 5.82 Å². The van der Waals surface area contributed by atoms with Gasteiger partial charge in [0.05, 0.1) is 6.61 Å². The van der Waals surface area contributed by atoms with Gasteiger partial charge in [-0.1, -0.05) is 6.07 Å². The Hall–Kier alpha value is -2.89. The summed E-state index contributed by atoms with van der Waals surface area (Å²) < 4.78 is 18.5. The molecule has 25 heavy (non-hydrogen) atoms. The zero-order valence-corrected chi connectivity index (χ0v) is 14.3. The Bertz CT molecular complexity index is 732. The topological polar surface area (TPSA) is 58.6 Å². The van der Waals surface area contributed by atoms with Crippen molar-refractivity contribution in [2.75, 3.05) is 24.6 Å². The minimum absolute atomic E-state index is 0.135. The maximum Gasteiger partial charge on any atom is 0.251 e. The van der Waals surface area contributed by atoms with Gasteiger partial charge >= 0.3 is 0 Å². The van der Waals surface area contributed by atoms with E-state index in [9.17, 15) is 14.0 Å². The van der Waals surface area contributed by atoms with Gasteiger partial charge in [0.2, 0.25) is 5.91 Å². The number of hydrogen-bond donors (Lipinski definition) is 1. The summed E-state index contributed by atoms with van der Waals surface area (Å²) in [6.45, 7) is 4.50. The van der Waals surface area contributed by atoms with Gasteiger partial charge in [0.15, 0.2) is 0 Å². The highest BCUT2D eigenvalue weighted by Gasteiger charge is 2.12. The summed E-state index contributed by atoms with van der Waals surface area (Å²) in [5.74, 6) is -0.250. The molecule has 1 N–H and O–H groups in total. The number of rotatable bonds is 7. The van der Waals surface area contributed by atoms with Crippen LogP contribution in [0.4, 0.5) is 10.1 Å². The third kappa shape index (κ3) is 5.31. The summed E-state index contributed by atoms with van der Waals surface area (Å²) in [6, 6.07) is 12.6. The molecule has 0 radical (unpaired) electrons. The van der Waals surface area contributed by atoms with E-state index in [0.717, 1.165) is 11.4 Å². The van der Waals surface area contributed by atoms with Crippen LogP contribution in [0.1, 0.15) is 24.2 Å². The van der Waals surface area contributed by atoms with Gasteiger partial charge in [-0.3, -0.25) is 9.59 Å². The Morgan fingerprint density at radius 3 is 2.48 bits per heavy atom. The van der Waals surface area contributed by atoms with Crippen LogP contribution in [0.3, 0.4) is 0 Å². The smallest absolute Gasteiger partial charge is 0.251 e. The number of benzene rings is 2. The normalized spacial score (nSPS) is 10.2. The maximum absolute atomic E-state index is 13.1. The molecule has 0 aliphatic carbocycles. The molecule has 2 aromatic carbocycles. The molecule has 0 saturated carbocycles. The molecule has 132 valence electrons. The Labute approximate surface area is 146 Å². The average Bonchev–Trinajstić information content (AvgIpc) is 2.59. The van der Waals surface area contributed by atoms with Crippen molar-refractivity contribution < 1.29 is 18.7 Å². The molecule has 0 bridgehead atoms. The number of carbonyl (C=O) groups excluding carboxylic acids is 2. The van der Waals surface area contributed by atoms with Crippen LogP contribution in [0.5, 0.6) is 5.75 Å². The number of carbonyl (C=O) groups is 2. The fraction of sp³-hybridized carbons (Fsp3) is 0.263. The van der Waals surface area contributed by atoms with Gasteiger partial charge < -0.3 is 15.0 Å². The van der Waals surface area contributed by atoms with Crippen molar-refractivity contribution in [2.24, 2.45) is 0 Å². The first-order valence-corrected chi connectivity index (χ1v) is 8.06. The van der Waals surface area contributed by atoms with E-state index in [2.05, 4.69) is 5.32 Å². The van der Waals surface area contributed by atoms with Crippen molar-refractivity contribution in [3.05, 3.63) is 59.9 Å². The molecular weight excluding hydrogens is 323 g/mol. The van der Waals surface area contributed by atoms with Crippen molar-refractivity contribution in [3.63, 3.8) is 0 Å². The lowest BCUT2D eigenvalue weighted by molar-refractivity contribution is -0.116. The number of amides is 2. The van der Waals surface area contributed by atoms with E-state index in [4.69, 9.17) is 4.74 Å². The fourth-order valence-corrected chi connectivity index (χ4v) is 2.37. The van der Waals surface area contributed by atoms with E-state index in [1.807, 2.05) is 6.92 Å². The monoisotopic (exact) mass is 344 g/mol. The Balaban J connectivity index is 1.95. The highest BCUT2D eigenvalue weighted by molar-refractivity contribution is 5.94. The summed E-state index contributed by atoms with van der Waals surface area (Å²) in [6.07, 6.45) is 0. The number of ether oxygens (including phenoxy) is 1. The van der Waals surface area contributed by atoms with Crippen molar-refractivity contribution in [2.45, 2.75) is 13.8 Å². The number of halogens is 1. The van der Waals surface area contributed by atoms with Crippen molar-refractivity contribution in [3.8, 4) is 5.75 Å². The first-order valence-electron chi connectivity index (χ1n) is 8.06. The van der Waals surface area contributed by atoms with Gasteiger partial charge in [-0.2, -0.15) is 0 Å². The zero-order chi connectivity index (χ0) is 18.2. The van der Waals surface area contributed by atoms with Crippen molar-refractivity contribution in [1.29, 1.82) is 0 Å². The largest absolute Gasteiger partial charge is 0.494 e. The second kappa shape index (κ2) is 8.82. The van der Waals surface area contributed by atoms with Crippen LogP contribution in [-0.4, -0.2) is 31.5 Å². The standard InChI is InChI=1S/C19H21FN2O3/c1-3-25-18-9-7-17(8-10-18)22(14(2)23)12-11-21-19(24)15-5-4-6-16(20)13-15/h4-10,13H,3,11-12H2,1-2H3,(H,21,24). The summed E-state index contributed by atoms with van der Waals surface area (Å²) in [7, 11) is 0. The first kappa shape index (κ1) is 18.4. The molecule has 0 spiro atoms. The minimum atomic E-state index is -0.465. The second-order valence-corrected chi connectivity index (χ2v) is 5.36. The van der Waals surface area contributed by atoms with Gasteiger partial charge in [-0.05, 0) is 49.4 Å². The van der Waals surface area contributed by atoms with Crippen LogP contribution in [0.15, 0.2) is 48.5 Å². The summed E-state index contributed by atoms with van der Waals surface area (Å²) in [5.41, 5.74) is 0.964. The molecule has 2 amide bonds. The van der Waals surface area contributed by atoms with Crippen LogP contribution < -0.4 is 15.0 Å². The minimum Gasteiger partial charge on any atom is -0.494 e. The summed E-state index contributed by atoms with van der Waals surface area (Å²) >= 11 is 0. The zero-order valence-electron chi connectivity index (χ0n) is 14.3. The van der Waals surface area contributed by atoms with Gasteiger partial charge in [0.1, 0.15) is 11.6 Å². The predicted octanol–water partition coefficient (Wildman–Crippen LogP) is 3.01. The lowest BCUT2D eigenvalue weighted by Gasteiger charge is -2.21. The van der Waals surface area contributed by atoms with Crippen LogP contribution in [0.25, 0.3) is 0 Å². The third-order valence-electron chi connectivity index (χ3n) is 3.55. The Morgan fingerprint density at radius 2 is 1.88 bits per heavy atom. The Kier molecular flexibility index (Phi) is 6.51. The number of nitrogens with zero attached hydrogens (tertiary/aromatic N) is 1. The molecule has 6 heteroatoms. The molecule has 0 saturated heterocycles. The number of anilines is 1. The average molecular weight is 344 g/mol. The van der Waals surface area contributed by atoms with Crippen LogP contribution >= 0.6 is 0 Å². The predicted molar refractivity (Wildman–Crippen MR) is 94.4 cm³/mol. The molecule has 0 fully saturated rings. The highest BCUT2D eigenvalue weighted by Crippen LogP contribution is 2.19. The molecule has 0 atom stereocenters. The van der Waals surface area contributed by atoms with Gasteiger partial charge in [0.25, 0.3) is 5.91 Å². The lowest BCUT2D eigenvalue weighted by Crippen LogP contribution is -2.37. The van der Waals surface area contributed by atoms with Crippen molar-refractivity contribution >= 4 is 17.5 Å². The van der Waals surface area contributed by atoms with Crippen LogP contribution in [0.2, 0.25) is 0 Å². The van der Waals surface area contributed by atoms with Crippen LogP contribution in [-0.2, 0) is 4.79 Å². The number of hydrogen-bond acceptors (Lipinski definition) is 3. The third-order valence-corrected chi connectivity index (χ3v) is 3.55. The van der Waals surface area contributed by atoms with E-state index in [-0.39, 0.29) is 23.9 Å². The van der Waals surface area contributed by atoms with Gasteiger partial charge in [-0.25, -0.2) is 4.39 Å². The summed E-state index contributed by atoms with van der Waals surface area (Å²) in [5, 5.41) is 2.69. The van der Waals surface area contributed by atoms with Crippen molar-refractivity contribution in [1.82, 2.24) is 5.32 Å². The molecule has 2 aromatic rings. The first-order chi connectivity index (χ1) is 12.0. The lowest BCUT2D eigenvalue weighted by atomic mass is 10.2. The molecule has 0 unspecified atom stereocenters. The van der Waals surface area contributed by atoms with E-state index in [0.29, 0.717) is 13.2 Å². The highest BCUT2D eigenvalue weighted by atomic mass is 19.1. The van der Waals surface area contributed by atoms with E-state index in [1.54, 1.807) is 29.2 Å². The van der Waals surface area contributed by atoms with E-state index in [1.165, 1.54) is 31.2 Å².